The highest BCUT2D eigenvalue weighted by Gasteiger charge is 2.46. The van der Waals surface area contributed by atoms with Gasteiger partial charge in [0, 0.05) is 24.5 Å². The predicted molar refractivity (Wildman–Crippen MR) is 111 cm³/mol. The molecule has 4 rings (SSSR count). The van der Waals surface area contributed by atoms with Gasteiger partial charge in [0.25, 0.3) is 11.7 Å². The van der Waals surface area contributed by atoms with Crippen molar-refractivity contribution >= 4 is 17.4 Å². The molecule has 1 aliphatic rings. The Kier molecular flexibility index (Phi) is 5.49. The number of nitrogens with zero attached hydrogens (tertiary/aromatic N) is 2. The highest BCUT2D eigenvalue weighted by molar-refractivity contribution is 6.46. The van der Waals surface area contributed by atoms with Gasteiger partial charge in [-0.25, -0.2) is 4.39 Å². The number of rotatable bonds is 5. The summed E-state index contributed by atoms with van der Waals surface area (Å²) in [6, 6.07) is 15.5. The lowest BCUT2D eigenvalue weighted by atomic mass is 9.95. The van der Waals surface area contributed by atoms with Gasteiger partial charge in [-0.05, 0) is 35.4 Å². The van der Waals surface area contributed by atoms with E-state index in [4.69, 9.17) is 4.74 Å². The number of hydrogen-bond donors (Lipinski definition) is 1. The average molecular weight is 418 g/mol. The van der Waals surface area contributed by atoms with Gasteiger partial charge in [0.2, 0.25) is 0 Å². The minimum Gasteiger partial charge on any atom is -0.507 e. The third-order valence-electron chi connectivity index (χ3n) is 5.16. The summed E-state index contributed by atoms with van der Waals surface area (Å²) < 4.78 is 19.1. The minimum absolute atomic E-state index is 0.00758. The van der Waals surface area contributed by atoms with Gasteiger partial charge in [-0.15, -0.1) is 0 Å². The summed E-state index contributed by atoms with van der Waals surface area (Å²) >= 11 is 0. The van der Waals surface area contributed by atoms with Crippen LogP contribution in [0.2, 0.25) is 0 Å². The highest BCUT2D eigenvalue weighted by atomic mass is 19.1. The summed E-state index contributed by atoms with van der Waals surface area (Å²) in [5.74, 6) is -2.69. The normalized spacial score (nSPS) is 17.7. The summed E-state index contributed by atoms with van der Waals surface area (Å²) in [6.07, 6.45) is 3.23. The largest absolute Gasteiger partial charge is 0.507 e. The van der Waals surface area contributed by atoms with Crippen LogP contribution in [0.15, 0.2) is 78.6 Å². The number of ketones is 1. The molecule has 1 saturated heterocycles. The first kappa shape index (κ1) is 20.3. The Labute approximate surface area is 178 Å². The Hall–Kier alpha value is -4.00. The molecule has 2 heterocycles. The third kappa shape index (κ3) is 3.77. The van der Waals surface area contributed by atoms with Gasteiger partial charge < -0.3 is 14.7 Å². The second kappa shape index (κ2) is 8.39. The molecule has 1 aliphatic heterocycles. The number of aromatic nitrogens is 1. The van der Waals surface area contributed by atoms with Gasteiger partial charge in [0.1, 0.15) is 5.76 Å². The van der Waals surface area contributed by atoms with E-state index >= 15 is 0 Å². The molecule has 0 saturated carbocycles. The molecule has 0 aliphatic carbocycles. The van der Waals surface area contributed by atoms with E-state index in [1.54, 1.807) is 48.8 Å². The number of halogens is 1. The van der Waals surface area contributed by atoms with Gasteiger partial charge in [-0.2, -0.15) is 0 Å². The maximum Gasteiger partial charge on any atom is 0.295 e. The van der Waals surface area contributed by atoms with Crippen molar-refractivity contribution in [2.75, 3.05) is 7.11 Å². The van der Waals surface area contributed by atoms with Crippen LogP contribution in [0.1, 0.15) is 22.7 Å². The number of aliphatic hydroxyl groups is 1. The topological polar surface area (TPSA) is 79.7 Å². The van der Waals surface area contributed by atoms with E-state index < -0.39 is 29.3 Å². The quantitative estimate of drug-likeness (QED) is 0.387. The lowest BCUT2D eigenvalue weighted by Crippen LogP contribution is -2.29. The summed E-state index contributed by atoms with van der Waals surface area (Å²) in [4.78, 5) is 31.3. The Bertz CT molecular complexity index is 1160. The molecule has 7 heteroatoms. The molecular weight excluding hydrogens is 399 g/mol. The van der Waals surface area contributed by atoms with Crippen molar-refractivity contribution in [3.05, 3.63) is 101 Å². The van der Waals surface area contributed by atoms with Crippen molar-refractivity contribution in [1.82, 2.24) is 9.88 Å². The molecule has 156 valence electrons. The van der Waals surface area contributed by atoms with Crippen molar-refractivity contribution in [3.8, 4) is 5.75 Å². The van der Waals surface area contributed by atoms with E-state index in [0.29, 0.717) is 5.56 Å². The van der Waals surface area contributed by atoms with E-state index in [0.717, 1.165) is 11.6 Å². The second-order valence-electron chi connectivity index (χ2n) is 7.05. The van der Waals surface area contributed by atoms with Crippen LogP contribution in [0.25, 0.3) is 5.76 Å². The molecule has 1 amide bonds. The molecule has 1 fully saturated rings. The smallest absolute Gasteiger partial charge is 0.295 e. The van der Waals surface area contributed by atoms with Crippen LogP contribution in [-0.4, -0.2) is 33.8 Å². The van der Waals surface area contributed by atoms with Crippen molar-refractivity contribution in [2.24, 2.45) is 0 Å². The van der Waals surface area contributed by atoms with Crippen LogP contribution in [0.3, 0.4) is 0 Å². The summed E-state index contributed by atoms with van der Waals surface area (Å²) in [5.41, 5.74) is 1.38. The number of carbonyl (C=O) groups excluding carboxylic acids is 2. The fourth-order valence-corrected chi connectivity index (χ4v) is 3.68. The standard InChI is InChI=1S/C24H19FN2O4/c1-31-19-10-9-17(12-18(19)25)22(28)20-21(16-7-3-2-4-8-16)27(24(30)23(20)29)14-15-6-5-11-26-13-15/h2-13,21,28H,14H2,1H3. The van der Waals surface area contributed by atoms with E-state index in [-0.39, 0.29) is 23.4 Å². The Morgan fingerprint density at radius 1 is 1.13 bits per heavy atom. The van der Waals surface area contributed by atoms with Gasteiger partial charge >= 0.3 is 0 Å². The van der Waals surface area contributed by atoms with Crippen molar-refractivity contribution in [2.45, 2.75) is 12.6 Å². The van der Waals surface area contributed by atoms with Gasteiger partial charge in [0.15, 0.2) is 11.6 Å². The summed E-state index contributed by atoms with van der Waals surface area (Å²) in [7, 11) is 1.33. The molecule has 0 bridgehead atoms. The summed E-state index contributed by atoms with van der Waals surface area (Å²) in [6.45, 7) is 0.131. The fraction of sp³-hybridized carbons (Fsp3) is 0.125. The number of hydrogen-bond acceptors (Lipinski definition) is 5. The highest BCUT2D eigenvalue weighted by Crippen LogP contribution is 2.40. The molecule has 0 radical (unpaired) electrons. The van der Waals surface area contributed by atoms with E-state index in [1.165, 1.54) is 24.1 Å². The lowest BCUT2D eigenvalue weighted by molar-refractivity contribution is -0.140. The Balaban J connectivity index is 1.85. The molecule has 1 atom stereocenters. The van der Waals surface area contributed by atoms with E-state index in [2.05, 4.69) is 4.98 Å². The molecule has 0 spiro atoms. The molecule has 1 N–H and O–H groups in total. The van der Waals surface area contributed by atoms with Crippen LogP contribution < -0.4 is 4.74 Å². The number of ether oxygens (including phenoxy) is 1. The number of aliphatic hydroxyl groups excluding tert-OH is 1. The predicted octanol–water partition coefficient (Wildman–Crippen LogP) is 3.85. The number of likely N-dealkylation sites (tertiary alicyclic amines) is 1. The van der Waals surface area contributed by atoms with Crippen LogP contribution >= 0.6 is 0 Å². The molecule has 2 aromatic carbocycles. The van der Waals surface area contributed by atoms with Crippen LogP contribution in [0, 0.1) is 5.82 Å². The summed E-state index contributed by atoms with van der Waals surface area (Å²) in [5, 5.41) is 11.0. The van der Waals surface area contributed by atoms with Crippen molar-refractivity contribution in [1.29, 1.82) is 0 Å². The molecule has 3 aromatic rings. The number of carbonyl (C=O) groups is 2. The number of pyridine rings is 1. The van der Waals surface area contributed by atoms with Crippen LogP contribution in [0.5, 0.6) is 5.75 Å². The second-order valence-corrected chi connectivity index (χ2v) is 7.05. The number of amides is 1. The van der Waals surface area contributed by atoms with Crippen LogP contribution in [0.4, 0.5) is 4.39 Å². The van der Waals surface area contributed by atoms with Crippen molar-refractivity contribution < 1.29 is 23.8 Å². The molecular formula is C24H19FN2O4. The fourth-order valence-electron chi connectivity index (χ4n) is 3.68. The zero-order valence-electron chi connectivity index (χ0n) is 16.7. The molecule has 1 unspecified atom stereocenters. The number of Topliss-reactive ketones (excluding diaryl/α,β-unsaturated/α-hetero) is 1. The van der Waals surface area contributed by atoms with E-state index in [1.807, 2.05) is 6.07 Å². The molecule has 31 heavy (non-hydrogen) atoms. The van der Waals surface area contributed by atoms with Gasteiger partial charge in [-0.1, -0.05) is 36.4 Å². The van der Waals surface area contributed by atoms with E-state index in [9.17, 15) is 19.1 Å². The maximum absolute atomic E-state index is 14.2. The maximum atomic E-state index is 14.2. The lowest BCUT2D eigenvalue weighted by Gasteiger charge is -2.25. The first-order chi connectivity index (χ1) is 15.0. The van der Waals surface area contributed by atoms with Crippen LogP contribution in [-0.2, 0) is 16.1 Å². The first-order valence-corrected chi connectivity index (χ1v) is 9.57. The first-order valence-electron chi connectivity index (χ1n) is 9.57. The Morgan fingerprint density at radius 3 is 2.55 bits per heavy atom. The van der Waals surface area contributed by atoms with Gasteiger partial charge in [-0.3, -0.25) is 14.6 Å². The Morgan fingerprint density at radius 2 is 1.90 bits per heavy atom. The minimum atomic E-state index is -0.827. The zero-order chi connectivity index (χ0) is 22.0. The van der Waals surface area contributed by atoms with Crippen molar-refractivity contribution in [3.63, 3.8) is 0 Å². The number of methoxy groups -OCH3 is 1. The average Bonchev–Trinajstić information content (AvgIpc) is 3.04. The third-order valence-corrected chi connectivity index (χ3v) is 5.16. The zero-order valence-corrected chi connectivity index (χ0v) is 16.7. The molecule has 6 nitrogen and oxygen atoms in total. The van der Waals surface area contributed by atoms with Gasteiger partial charge in [0.05, 0.1) is 18.7 Å². The molecule has 1 aromatic heterocycles. The monoisotopic (exact) mass is 418 g/mol. The number of benzene rings is 2. The SMILES string of the molecule is COc1ccc(C(O)=C2C(=O)C(=O)N(Cc3cccnc3)C2c2ccccc2)cc1F.